The Morgan fingerprint density at radius 1 is 1.19 bits per heavy atom. The Kier molecular flexibility index (Phi) is 6.70. The van der Waals surface area contributed by atoms with Gasteiger partial charge in [-0.2, -0.15) is 9.61 Å². The summed E-state index contributed by atoms with van der Waals surface area (Å²) in [6.07, 6.45) is 3.89. The van der Waals surface area contributed by atoms with E-state index in [0.717, 1.165) is 79.3 Å². The van der Waals surface area contributed by atoms with Crippen molar-refractivity contribution in [3.63, 3.8) is 0 Å². The van der Waals surface area contributed by atoms with E-state index in [1.165, 1.54) is 0 Å². The van der Waals surface area contributed by atoms with E-state index < -0.39 is 0 Å². The van der Waals surface area contributed by atoms with Crippen LogP contribution in [-0.4, -0.2) is 52.1 Å². The summed E-state index contributed by atoms with van der Waals surface area (Å²) >= 11 is 6.09. The van der Waals surface area contributed by atoms with E-state index >= 15 is 0 Å². The lowest BCUT2D eigenvalue weighted by Gasteiger charge is -2.34. The van der Waals surface area contributed by atoms with E-state index in [4.69, 9.17) is 21.7 Å². The number of nitrogens with zero attached hydrogens (tertiary/aromatic N) is 5. The average Bonchev–Trinajstić information content (AvgIpc) is 3.12. The molecule has 0 atom stereocenters. The Hall–Kier alpha value is -2.60. The third-order valence-electron chi connectivity index (χ3n) is 6.40. The van der Waals surface area contributed by atoms with Gasteiger partial charge in [0.2, 0.25) is 5.91 Å². The Labute approximate surface area is 195 Å². The van der Waals surface area contributed by atoms with Gasteiger partial charge in [0, 0.05) is 54.9 Å². The zero-order valence-corrected chi connectivity index (χ0v) is 20.2. The largest absolute Gasteiger partial charge is 0.356 e. The number of anilines is 1. The summed E-state index contributed by atoms with van der Waals surface area (Å²) in [5, 5.41) is 5.56. The number of hydrogen-bond acceptors (Lipinski definition) is 4. The first kappa shape index (κ1) is 22.6. The summed E-state index contributed by atoms with van der Waals surface area (Å²) in [6.45, 7) is 8.73. The van der Waals surface area contributed by atoms with Crippen molar-refractivity contribution >= 4 is 29.0 Å². The number of piperidine rings is 1. The molecule has 7 heteroatoms. The predicted octanol–water partition coefficient (Wildman–Crippen LogP) is 5.14. The summed E-state index contributed by atoms with van der Waals surface area (Å²) in [5.41, 5.74) is 4.85. The summed E-state index contributed by atoms with van der Waals surface area (Å²) in [5.74, 6) is 1.44. The van der Waals surface area contributed by atoms with E-state index in [2.05, 4.69) is 17.9 Å². The minimum absolute atomic E-state index is 0.107. The molecule has 1 fully saturated rings. The van der Waals surface area contributed by atoms with Crippen LogP contribution in [0.3, 0.4) is 0 Å². The van der Waals surface area contributed by atoms with Gasteiger partial charge >= 0.3 is 0 Å². The summed E-state index contributed by atoms with van der Waals surface area (Å²) < 4.78 is 1.96. The van der Waals surface area contributed by atoms with Gasteiger partial charge in [-0.25, -0.2) is 4.98 Å². The van der Waals surface area contributed by atoms with Crippen molar-refractivity contribution in [3.8, 4) is 11.1 Å². The van der Waals surface area contributed by atoms with Crippen LogP contribution in [0.1, 0.15) is 44.0 Å². The molecule has 3 aromatic rings. The van der Waals surface area contributed by atoms with Crippen LogP contribution in [0.5, 0.6) is 0 Å². The third-order valence-corrected chi connectivity index (χ3v) is 6.65. The standard InChI is InChI=1S/C25H32ClN5O/c1-5-6-13-29(4)25(32)20-11-14-30(15-12-20)22-16-17(2)27-24-23(18(3)28-31(22)24)19-7-9-21(26)10-8-19/h7-10,16,20H,5-6,11-15H2,1-4H3. The van der Waals surface area contributed by atoms with Gasteiger partial charge in [-0.3, -0.25) is 4.79 Å². The molecule has 1 aromatic carbocycles. The van der Waals surface area contributed by atoms with Crippen molar-refractivity contribution in [2.75, 3.05) is 31.6 Å². The highest BCUT2D eigenvalue weighted by atomic mass is 35.5. The fraction of sp³-hybridized carbons (Fsp3) is 0.480. The lowest BCUT2D eigenvalue weighted by Crippen LogP contribution is -2.42. The van der Waals surface area contributed by atoms with Crippen LogP contribution < -0.4 is 4.90 Å². The number of rotatable bonds is 6. The molecule has 0 bridgehead atoms. The zero-order chi connectivity index (χ0) is 22.8. The number of aryl methyl sites for hydroxylation is 2. The van der Waals surface area contributed by atoms with Gasteiger partial charge in [0.25, 0.3) is 0 Å². The number of aromatic nitrogens is 3. The first-order chi connectivity index (χ1) is 15.4. The Bertz CT molecular complexity index is 1100. The molecule has 3 heterocycles. The molecule has 0 radical (unpaired) electrons. The number of amides is 1. The fourth-order valence-electron chi connectivity index (χ4n) is 4.58. The molecule has 0 saturated carbocycles. The van der Waals surface area contributed by atoms with Gasteiger partial charge in [0.05, 0.1) is 5.69 Å². The Morgan fingerprint density at radius 2 is 1.88 bits per heavy atom. The van der Waals surface area contributed by atoms with Crippen LogP contribution >= 0.6 is 11.6 Å². The molecule has 4 rings (SSSR count). The molecule has 0 spiro atoms. The van der Waals surface area contributed by atoms with E-state index in [9.17, 15) is 4.79 Å². The van der Waals surface area contributed by atoms with Gasteiger partial charge in [-0.05, 0) is 50.8 Å². The maximum Gasteiger partial charge on any atom is 0.225 e. The van der Waals surface area contributed by atoms with Crippen molar-refractivity contribution in [2.45, 2.75) is 46.5 Å². The number of fused-ring (bicyclic) bond motifs is 1. The third kappa shape index (κ3) is 4.46. The highest BCUT2D eigenvalue weighted by Gasteiger charge is 2.29. The quantitative estimate of drug-likeness (QED) is 0.518. The molecular formula is C25H32ClN5O. The normalized spacial score (nSPS) is 14.8. The highest BCUT2D eigenvalue weighted by molar-refractivity contribution is 6.30. The number of benzene rings is 1. The molecule has 1 saturated heterocycles. The van der Waals surface area contributed by atoms with E-state index in [-0.39, 0.29) is 11.8 Å². The van der Waals surface area contributed by atoms with E-state index in [1.807, 2.05) is 54.6 Å². The number of hydrogen-bond donors (Lipinski definition) is 0. The van der Waals surface area contributed by atoms with Crippen LogP contribution in [0.2, 0.25) is 5.02 Å². The summed E-state index contributed by atoms with van der Waals surface area (Å²) in [7, 11) is 1.94. The van der Waals surface area contributed by atoms with Gasteiger partial charge in [-0.1, -0.05) is 37.1 Å². The molecule has 1 amide bonds. The minimum Gasteiger partial charge on any atom is -0.356 e. The smallest absolute Gasteiger partial charge is 0.225 e. The van der Waals surface area contributed by atoms with Crippen molar-refractivity contribution in [3.05, 3.63) is 46.7 Å². The van der Waals surface area contributed by atoms with Crippen LogP contribution in [0.25, 0.3) is 16.8 Å². The fourth-order valence-corrected chi connectivity index (χ4v) is 4.70. The topological polar surface area (TPSA) is 53.7 Å². The highest BCUT2D eigenvalue weighted by Crippen LogP contribution is 2.32. The Balaban J connectivity index is 1.59. The van der Waals surface area contributed by atoms with Crippen LogP contribution in [0.15, 0.2) is 30.3 Å². The van der Waals surface area contributed by atoms with E-state index in [0.29, 0.717) is 5.02 Å². The molecule has 2 aromatic heterocycles. The van der Waals surface area contributed by atoms with Crippen molar-refractivity contribution < 1.29 is 4.79 Å². The van der Waals surface area contributed by atoms with Crippen LogP contribution in [0, 0.1) is 19.8 Å². The molecule has 32 heavy (non-hydrogen) atoms. The monoisotopic (exact) mass is 453 g/mol. The van der Waals surface area contributed by atoms with E-state index in [1.54, 1.807) is 0 Å². The molecule has 0 N–H and O–H groups in total. The molecule has 0 unspecified atom stereocenters. The molecule has 0 aliphatic carbocycles. The first-order valence-corrected chi connectivity index (χ1v) is 11.9. The SMILES string of the molecule is CCCCN(C)C(=O)C1CCN(c2cc(C)nc3c(-c4ccc(Cl)cc4)c(C)nn23)CC1. The second-order valence-electron chi connectivity index (χ2n) is 8.83. The number of halogens is 1. The zero-order valence-electron chi connectivity index (χ0n) is 19.4. The number of unbranched alkanes of at least 4 members (excludes halogenated alkanes) is 1. The molecule has 1 aliphatic heterocycles. The number of carbonyl (C=O) groups excluding carboxylic acids is 1. The average molecular weight is 454 g/mol. The molecule has 170 valence electrons. The van der Waals surface area contributed by atoms with Crippen molar-refractivity contribution in [2.24, 2.45) is 5.92 Å². The summed E-state index contributed by atoms with van der Waals surface area (Å²) in [4.78, 5) is 21.9. The maximum atomic E-state index is 12.8. The minimum atomic E-state index is 0.107. The van der Waals surface area contributed by atoms with Gasteiger partial charge < -0.3 is 9.80 Å². The first-order valence-electron chi connectivity index (χ1n) is 11.5. The van der Waals surface area contributed by atoms with Gasteiger partial charge in [-0.15, -0.1) is 0 Å². The number of carbonyl (C=O) groups is 1. The van der Waals surface area contributed by atoms with Crippen LogP contribution in [0.4, 0.5) is 5.82 Å². The van der Waals surface area contributed by atoms with Crippen molar-refractivity contribution in [1.29, 1.82) is 0 Å². The molecule has 1 aliphatic rings. The van der Waals surface area contributed by atoms with Crippen LogP contribution in [-0.2, 0) is 4.79 Å². The lowest BCUT2D eigenvalue weighted by atomic mass is 9.95. The Morgan fingerprint density at radius 3 is 2.53 bits per heavy atom. The predicted molar refractivity (Wildman–Crippen MR) is 130 cm³/mol. The molecule has 6 nitrogen and oxygen atoms in total. The van der Waals surface area contributed by atoms with Crippen molar-refractivity contribution in [1.82, 2.24) is 19.5 Å². The summed E-state index contributed by atoms with van der Waals surface area (Å²) in [6, 6.07) is 9.93. The van der Waals surface area contributed by atoms with Gasteiger partial charge in [0.15, 0.2) is 5.65 Å². The second kappa shape index (κ2) is 9.49. The second-order valence-corrected chi connectivity index (χ2v) is 9.27. The maximum absolute atomic E-state index is 12.8. The molecular weight excluding hydrogens is 422 g/mol. The lowest BCUT2D eigenvalue weighted by molar-refractivity contribution is -0.134. The van der Waals surface area contributed by atoms with Gasteiger partial charge in [0.1, 0.15) is 5.82 Å².